The minimum absolute atomic E-state index is 0.275. The van der Waals surface area contributed by atoms with Gasteiger partial charge >= 0.3 is 0 Å². The van der Waals surface area contributed by atoms with E-state index < -0.39 is 5.91 Å². The molecule has 0 aliphatic heterocycles. The second-order valence-corrected chi connectivity index (χ2v) is 8.20. The Morgan fingerprint density at radius 2 is 1.74 bits per heavy atom. The monoisotopic (exact) mass is 460 g/mol. The predicted molar refractivity (Wildman–Crippen MR) is 139 cm³/mol. The fraction of sp³-hybridized carbons (Fsp3) is 0.0690. The number of amides is 1. The third-order valence-electron chi connectivity index (χ3n) is 5.71. The lowest BCUT2D eigenvalue weighted by molar-refractivity contribution is 0.0949. The number of hydrogen-bond acceptors (Lipinski definition) is 4. The number of rotatable bonds is 6. The zero-order valence-electron chi connectivity index (χ0n) is 19.5. The highest BCUT2D eigenvalue weighted by Gasteiger charge is 2.17. The van der Waals surface area contributed by atoms with Gasteiger partial charge in [-0.05, 0) is 65.2 Å². The molecule has 0 aliphatic rings. The minimum atomic E-state index is -0.391. The molecule has 0 atom stereocenters. The number of methoxy groups -OCH3 is 1. The molecule has 5 aromatic rings. The number of ether oxygens (including phenoxy) is 1. The van der Waals surface area contributed by atoms with Crippen molar-refractivity contribution in [1.82, 2.24) is 15.2 Å². The third-order valence-corrected chi connectivity index (χ3v) is 5.71. The van der Waals surface area contributed by atoms with E-state index in [1.807, 2.05) is 73.7 Å². The minimum Gasteiger partial charge on any atom is -0.497 e. The lowest BCUT2D eigenvalue weighted by Gasteiger charge is -2.09. The largest absolute Gasteiger partial charge is 0.497 e. The van der Waals surface area contributed by atoms with Crippen molar-refractivity contribution < 1.29 is 9.53 Å². The Morgan fingerprint density at radius 1 is 0.914 bits per heavy atom. The number of aryl methyl sites for hydroxylation is 1. The van der Waals surface area contributed by atoms with Crippen LogP contribution in [0.4, 0.5) is 0 Å². The second kappa shape index (κ2) is 9.65. The van der Waals surface area contributed by atoms with Crippen LogP contribution in [0, 0.1) is 6.92 Å². The fourth-order valence-corrected chi connectivity index (χ4v) is 3.95. The SMILES string of the molecule is COc1cccc(/C=N\NC(=O)c2cc(-c3ccc4ccccc4c3)n(-c3cccc(C)c3)n2)c1. The van der Waals surface area contributed by atoms with Crippen LogP contribution in [-0.4, -0.2) is 29.0 Å². The molecule has 0 aliphatic carbocycles. The van der Waals surface area contributed by atoms with Gasteiger partial charge in [0.2, 0.25) is 0 Å². The quantitative estimate of drug-likeness (QED) is 0.258. The first-order valence-electron chi connectivity index (χ1n) is 11.2. The summed E-state index contributed by atoms with van der Waals surface area (Å²) in [7, 11) is 1.61. The van der Waals surface area contributed by atoms with Crippen LogP contribution >= 0.6 is 0 Å². The van der Waals surface area contributed by atoms with E-state index in [4.69, 9.17) is 4.74 Å². The summed E-state index contributed by atoms with van der Waals surface area (Å²) in [4.78, 5) is 12.9. The van der Waals surface area contributed by atoms with Gasteiger partial charge in [0.25, 0.3) is 5.91 Å². The summed E-state index contributed by atoms with van der Waals surface area (Å²) >= 11 is 0. The van der Waals surface area contributed by atoms with Crippen LogP contribution < -0.4 is 10.2 Å². The zero-order valence-corrected chi connectivity index (χ0v) is 19.5. The average molecular weight is 461 g/mol. The molecule has 35 heavy (non-hydrogen) atoms. The van der Waals surface area contributed by atoms with Crippen molar-refractivity contribution >= 4 is 22.9 Å². The van der Waals surface area contributed by atoms with Crippen molar-refractivity contribution in [3.8, 4) is 22.7 Å². The molecule has 6 nitrogen and oxygen atoms in total. The first-order valence-corrected chi connectivity index (χ1v) is 11.2. The van der Waals surface area contributed by atoms with Crippen molar-refractivity contribution in [3.05, 3.63) is 114 Å². The number of fused-ring (bicyclic) bond motifs is 1. The molecule has 0 saturated heterocycles. The topological polar surface area (TPSA) is 68.5 Å². The molecule has 0 bridgehead atoms. The summed E-state index contributed by atoms with van der Waals surface area (Å²) in [6, 6.07) is 31.7. The maximum atomic E-state index is 12.9. The van der Waals surface area contributed by atoms with Crippen molar-refractivity contribution in [2.75, 3.05) is 7.11 Å². The molecule has 1 aromatic heterocycles. The van der Waals surface area contributed by atoms with Crippen LogP contribution in [0.15, 0.2) is 102 Å². The molecule has 172 valence electrons. The molecular formula is C29H24N4O2. The summed E-state index contributed by atoms with van der Waals surface area (Å²) in [5.41, 5.74) is 7.45. The first-order chi connectivity index (χ1) is 17.1. The average Bonchev–Trinajstić information content (AvgIpc) is 3.34. The summed E-state index contributed by atoms with van der Waals surface area (Å²) in [6.45, 7) is 2.03. The van der Waals surface area contributed by atoms with Crippen LogP contribution in [0.5, 0.6) is 5.75 Å². The summed E-state index contributed by atoms with van der Waals surface area (Å²) in [5.74, 6) is 0.329. The molecule has 1 amide bonds. The highest BCUT2D eigenvalue weighted by atomic mass is 16.5. The maximum absolute atomic E-state index is 12.9. The number of hydrogen-bond donors (Lipinski definition) is 1. The van der Waals surface area contributed by atoms with Gasteiger partial charge in [-0.2, -0.15) is 10.2 Å². The number of nitrogens with one attached hydrogen (secondary N) is 1. The van der Waals surface area contributed by atoms with Gasteiger partial charge in [0.1, 0.15) is 5.75 Å². The van der Waals surface area contributed by atoms with Crippen molar-refractivity contribution in [2.24, 2.45) is 5.10 Å². The van der Waals surface area contributed by atoms with Gasteiger partial charge in [-0.1, -0.05) is 60.7 Å². The highest BCUT2D eigenvalue weighted by Crippen LogP contribution is 2.28. The second-order valence-electron chi connectivity index (χ2n) is 8.20. The Balaban J connectivity index is 1.49. The standard InChI is InChI=1S/C29H24N4O2/c1-20-7-5-11-25(15-20)33-28(24-14-13-22-9-3-4-10-23(22)17-24)18-27(32-33)29(34)31-30-19-21-8-6-12-26(16-21)35-2/h3-19H,1-2H3,(H,31,34)/b30-19-. The highest BCUT2D eigenvalue weighted by molar-refractivity contribution is 5.95. The van der Waals surface area contributed by atoms with Crippen LogP contribution in [0.3, 0.4) is 0 Å². The summed E-state index contributed by atoms with van der Waals surface area (Å²) in [6.07, 6.45) is 1.57. The molecule has 4 aromatic carbocycles. The van der Waals surface area contributed by atoms with Crippen molar-refractivity contribution in [2.45, 2.75) is 6.92 Å². The van der Waals surface area contributed by atoms with E-state index in [1.165, 1.54) is 0 Å². The number of aromatic nitrogens is 2. The zero-order chi connectivity index (χ0) is 24.2. The smallest absolute Gasteiger partial charge is 0.291 e. The van der Waals surface area contributed by atoms with E-state index in [1.54, 1.807) is 24.1 Å². The predicted octanol–water partition coefficient (Wildman–Crippen LogP) is 5.77. The van der Waals surface area contributed by atoms with E-state index in [2.05, 4.69) is 39.9 Å². The van der Waals surface area contributed by atoms with E-state index >= 15 is 0 Å². The van der Waals surface area contributed by atoms with E-state index in [9.17, 15) is 4.79 Å². The van der Waals surface area contributed by atoms with Crippen molar-refractivity contribution in [1.29, 1.82) is 0 Å². The van der Waals surface area contributed by atoms with Gasteiger partial charge in [0.15, 0.2) is 5.69 Å². The lowest BCUT2D eigenvalue weighted by Crippen LogP contribution is -2.18. The van der Waals surface area contributed by atoms with Crippen molar-refractivity contribution in [3.63, 3.8) is 0 Å². The van der Waals surface area contributed by atoms with E-state index in [-0.39, 0.29) is 5.69 Å². The number of benzene rings is 4. The maximum Gasteiger partial charge on any atom is 0.291 e. The van der Waals surface area contributed by atoms with Crippen LogP contribution in [-0.2, 0) is 0 Å². The third kappa shape index (κ3) is 4.82. The van der Waals surface area contributed by atoms with Crippen LogP contribution in [0.1, 0.15) is 21.6 Å². The molecule has 0 fully saturated rings. The van der Waals surface area contributed by atoms with Gasteiger partial charge in [0, 0.05) is 5.56 Å². The van der Waals surface area contributed by atoms with E-state index in [0.717, 1.165) is 44.6 Å². The molecular weight excluding hydrogens is 436 g/mol. The van der Waals surface area contributed by atoms with Gasteiger partial charge in [0.05, 0.1) is 24.7 Å². The Hall–Kier alpha value is -4.71. The Bertz CT molecular complexity index is 1550. The molecule has 0 radical (unpaired) electrons. The fourth-order valence-electron chi connectivity index (χ4n) is 3.95. The first kappa shape index (κ1) is 22.1. The number of carbonyl (C=O) groups is 1. The van der Waals surface area contributed by atoms with Gasteiger partial charge in [-0.3, -0.25) is 4.79 Å². The number of hydrazone groups is 1. The number of carbonyl (C=O) groups excluding carboxylic acids is 1. The van der Waals surface area contributed by atoms with E-state index in [0.29, 0.717) is 0 Å². The Morgan fingerprint density at radius 3 is 2.57 bits per heavy atom. The Labute approximate surface area is 203 Å². The summed E-state index contributed by atoms with van der Waals surface area (Å²) < 4.78 is 7.03. The van der Waals surface area contributed by atoms with Gasteiger partial charge in [-0.25, -0.2) is 10.1 Å². The normalized spacial score (nSPS) is 11.1. The summed E-state index contributed by atoms with van der Waals surface area (Å²) in [5, 5.41) is 11.0. The molecule has 5 rings (SSSR count). The lowest BCUT2D eigenvalue weighted by atomic mass is 10.0. The number of nitrogens with zero attached hydrogens (tertiary/aromatic N) is 3. The Kier molecular flexibility index (Phi) is 6.09. The molecule has 1 heterocycles. The van der Waals surface area contributed by atoms with Crippen LogP contribution in [0.2, 0.25) is 0 Å². The molecule has 0 saturated carbocycles. The molecule has 6 heteroatoms. The molecule has 0 unspecified atom stereocenters. The van der Waals surface area contributed by atoms with Gasteiger partial charge < -0.3 is 4.74 Å². The van der Waals surface area contributed by atoms with Gasteiger partial charge in [-0.15, -0.1) is 0 Å². The van der Waals surface area contributed by atoms with Crippen LogP contribution in [0.25, 0.3) is 27.7 Å². The molecule has 1 N–H and O–H groups in total. The molecule has 0 spiro atoms.